The van der Waals surface area contributed by atoms with Gasteiger partial charge in [-0.25, -0.2) is 4.98 Å². The third kappa shape index (κ3) is 2.69. The molecule has 0 atom stereocenters. The molecule has 0 spiro atoms. The third-order valence-corrected chi connectivity index (χ3v) is 1.54. The maximum atomic E-state index is 11.5. The topological polar surface area (TPSA) is 66.9 Å². The van der Waals surface area contributed by atoms with Crippen molar-refractivity contribution in [3.05, 3.63) is 18.1 Å². The Morgan fingerprint density at radius 3 is 2.71 bits per heavy atom. The fourth-order valence-electron chi connectivity index (χ4n) is 0.932. The Labute approximate surface area is 83.0 Å². The van der Waals surface area contributed by atoms with Crippen LogP contribution in [0.4, 0.5) is 5.82 Å². The highest BCUT2D eigenvalue weighted by Gasteiger charge is 2.08. The average Bonchev–Trinajstić information content (AvgIpc) is 2.17. The lowest BCUT2D eigenvalue weighted by Gasteiger charge is -2.07. The van der Waals surface area contributed by atoms with Crippen LogP contribution in [0.1, 0.15) is 24.3 Å². The summed E-state index contributed by atoms with van der Waals surface area (Å²) < 4.78 is 0. The van der Waals surface area contributed by atoms with Gasteiger partial charge in [0.1, 0.15) is 11.5 Å². The lowest BCUT2D eigenvalue weighted by molar-refractivity contribution is 0.0938. The van der Waals surface area contributed by atoms with E-state index >= 15 is 0 Å². The second-order valence-corrected chi connectivity index (χ2v) is 3.17. The van der Waals surface area contributed by atoms with Crippen LogP contribution >= 0.6 is 0 Å². The van der Waals surface area contributed by atoms with Crippen molar-refractivity contribution >= 4 is 11.7 Å². The van der Waals surface area contributed by atoms with Gasteiger partial charge in [-0.2, -0.15) is 0 Å². The van der Waals surface area contributed by atoms with Crippen molar-refractivity contribution in [2.45, 2.75) is 19.9 Å². The summed E-state index contributed by atoms with van der Waals surface area (Å²) in [5.41, 5.74) is 0.325. The molecule has 0 unspecified atom stereocenters. The standard InChI is InChI=1S/C9H14N4O/c1-6(2)12-9(14)7-4-11-5-8(10-3)13-7/h4-6H,1-3H3,(H,10,13)(H,12,14). The maximum Gasteiger partial charge on any atom is 0.271 e. The van der Waals surface area contributed by atoms with Crippen LogP contribution in [0.25, 0.3) is 0 Å². The zero-order chi connectivity index (χ0) is 10.6. The largest absolute Gasteiger partial charge is 0.372 e. The Morgan fingerprint density at radius 1 is 1.43 bits per heavy atom. The molecule has 0 aromatic carbocycles. The number of hydrogen-bond acceptors (Lipinski definition) is 4. The van der Waals surface area contributed by atoms with Gasteiger partial charge < -0.3 is 10.6 Å². The van der Waals surface area contributed by atoms with Crippen LogP contribution in [-0.4, -0.2) is 29.0 Å². The van der Waals surface area contributed by atoms with E-state index in [0.29, 0.717) is 11.5 Å². The molecule has 0 aliphatic heterocycles. The number of carbonyl (C=O) groups is 1. The van der Waals surface area contributed by atoms with Crippen molar-refractivity contribution in [3.63, 3.8) is 0 Å². The van der Waals surface area contributed by atoms with E-state index in [1.54, 1.807) is 13.2 Å². The van der Waals surface area contributed by atoms with E-state index in [9.17, 15) is 4.79 Å². The van der Waals surface area contributed by atoms with Crippen LogP contribution in [0.2, 0.25) is 0 Å². The van der Waals surface area contributed by atoms with Gasteiger partial charge in [0, 0.05) is 13.1 Å². The summed E-state index contributed by atoms with van der Waals surface area (Å²) in [5, 5.41) is 5.56. The van der Waals surface area contributed by atoms with Crippen LogP contribution in [0.3, 0.4) is 0 Å². The number of carbonyl (C=O) groups excluding carboxylic acids is 1. The normalized spacial score (nSPS) is 10.0. The molecular weight excluding hydrogens is 180 g/mol. The summed E-state index contributed by atoms with van der Waals surface area (Å²) in [4.78, 5) is 19.4. The molecule has 1 amide bonds. The first-order valence-electron chi connectivity index (χ1n) is 4.44. The molecular formula is C9H14N4O. The van der Waals surface area contributed by atoms with Gasteiger partial charge in [-0.1, -0.05) is 0 Å². The Balaban J connectivity index is 2.79. The molecule has 0 aliphatic carbocycles. The summed E-state index contributed by atoms with van der Waals surface area (Å²) in [7, 11) is 1.73. The lowest BCUT2D eigenvalue weighted by Crippen LogP contribution is -2.30. The van der Waals surface area contributed by atoms with Crippen LogP contribution in [0.15, 0.2) is 12.4 Å². The van der Waals surface area contributed by atoms with E-state index in [0.717, 1.165) is 0 Å². The van der Waals surface area contributed by atoms with Gasteiger partial charge in [0.15, 0.2) is 0 Å². The van der Waals surface area contributed by atoms with E-state index in [2.05, 4.69) is 20.6 Å². The number of amides is 1. The molecule has 5 heteroatoms. The number of nitrogens with zero attached hydrogens (tertiary/aromatic N) is 2. The average molecular weight is 194 g/mol. The summed E-state index contributed by atoms with van der Waals surface area (Å²) in [6.07, 6.45) is 3.00. The first kappa shape index (κ1) is 10.4. The minimum atomic E-state index is -0.204. The van der Waals surface area contributed by atoms with Crippen LogP contribution in [0, 0.1) is 0 Å². The molecule has 0 saturated heterocycles. The molecule has 0 bridgehead atoms. The van der Waals surface area contributed by atoms with Gasteiger partial charge in [0.25, 0.3) is 5.91 Å². The van der Waals surface area contributed by atoms with Crippen molar-refractivity contribution in [3.8, 4) is 0 Å². The quantitative estimate of drug-likeness (QED) is 0.741. The predicted octanol–water partition coefficient (Wildman–Crippen LogP) is 0.656. The minimum absolute atomic E-state index is 0.0996. The molecule has 1 aromatic heterocycles. The van der Waals surface area contributed by atoms with Crippen LogP contribution in [0.5, 0.6) is 0 Å². The van der Waals surface area contributed by atoms with Gasteiger partial charge in [-0.3, -0.25) is 9.78 Å². The number of hydrogen-bond donors (Lipinski definition) is 2. The Bertz CT molecular complexity index is 324. The molecule has 1 heterocycles. The summed E-state index contributed by atoms with van der Waals surface area (Å²) in [5.74, 6) is 0.381. The highest BCUT2D eigenvalue weighted by molar-refractivity contribution is 5.92. The van der Waals surface area contributed by atoms with Crippen molar-refractivity contribution in [2.24, 2.45) is 0 Å². The molecule has 14 heavy (non-hydrogen) atoms. The highest BCUT2D eigenvalue weighted by atomic mass is 16.1. The fourth-order valence-corrected chi connectivity index (χ4v) is 0.932. The smallest absolute Gasteiger partial charge is 0.271 e. The molecule has 5 nitrogen and oxygen atoms in total. The number of aromatic nitrogens is 2. The molecule has 0 saturated carbocycles. The summed E-state index contributed by atoms with van der Waals surface area (Å²) >= 11 is 0. The highest BCUT2D eigenvalue weighted by Crippen LogP contribution is 2.00. The molecule has 0 fully saturated rings. The van der Waals surface area contributed by atoms with Gasteiger partial charge in [-0.15, -0.1) is 0 Å². The Hall–Kier alpha value is -1.65. The zero-order valence-electron chi connectivity index (χ0n) is 8.53. The van der Waals surface area contributed by atoms with Gasteiger partial charge in [0.2, 0.25) is 0 Å². The van der Waals surface area contributed by atoms with Crippen molar-refractivity contribution in [2.75, 3.05) is 12.4 Å². The van der Waals surface area contributed by atoms with Crippen molar-refractivity contribution in [1.29, 1.82) is 0 Å². The first-order valence-corrected chi connectivity index (χ1v) is 4.44. The third-order valence-electron chi connectivity index (χ3n) is 1.54. The fraction of sp³-hybridized carbons (Fsp3) is 0.444. The van der Waals surface area contributed by atoms with Gasteiger partial charge in [-0.05, 0) is 13.8 Å². The minimum Gasteiger partial charge on any atom is -0.372 e. The van der Waals surface area contributed by atoms with Crippen LogP contribution in [-0.2, 0) is 0 Å². The number of nitrogens with one attached hydrogen (secondary N) is 2. The Morgan fingerprint density at radius 2 is 2.14 bits per heavy atom. The second-order valence-electron chi connectivity index (χ2n) is 3.17. The maximum absolute atomic E-state index is 11.5. The molecule has 1 aromatic rings. The van der Waals surface area contributed by atoms with E-state index in [1.165, 1.54) is 6.20 Å². The molecule has 0 radical (unpaired) electrons. The molecule has 76 valence electrons. The SMILES string of the molecule is CNc1cncc(C(=O)NC(C)C)n1. The van der Waals surface area contributed by atoms with E-state index < -0.39 is 0 Å². The monoisotopic (exact) mass is 194 g/mol. The first-order chi connectivity index (χ1) is 6.63. The molecule has 2 N–H and O–H groups in total. The van der Waals surface area contributed by atoms with Crippen molar-refractivity contribution in [1.82, 2.24) is 15.3 Å². The predicted molar refractivity (Wildman–Crippen MR) is 54.2 cm³/mol. The summed E-state index contributed by atoms with van der Waals surface area (Å²) in [6.45, 7) is 3.79. The number of anilines is 1. The van der Waals surface area contributed by atoms with E-state index in [4.69, 9.17) is 0 Å². The van der Waals surface area contributed by atoms with Gasteiger partial charge >= 0.3 is 0 Å². The molecule has 0 aliphatic rings. The van der Waals surface area contributed by atoms with Crippen molar-refractivity contribution < 1.29 is 4.79 Å². The van der Waals surface area contributed by atoms with E-state index in [1.807, 2.05) is 13.8 Å². The zero-order valence-corrected chi connectivity index (χ0v) is 8.53. The molecule has 1 rings (SSSR count). The number of rotatable bonds is 3. The van der Waals surface area contributed by atoms with E-state index in [-0.39, 0.29) is 11.9 Å². The van der Waals surface area contributed by atoms with Crippen LogP contribution < -0.4 is 10.6 Å². The lowest BCUT2D eigenvalue weighted by atomic mass is 10.3. The summed E-state index contributed by atoms with van der Waals surface area (Å²) in [6, 6.07) is 0.0996. The Kier molecular flexibility index (Phi) is 3.39. The van der Waals surface area contributed by atoms with Gasteiger partial charge in [0.05, 0.1) is 12.4 Å². The second kappa shape index (κ2) is 4.55.